The number of likely N-dealkylation sites (N-methyl/N-ethyl adjacent to an activating group) is 1. The van der Waals surface area contributed by atoms with Gasteiger partial charge >= 0.3 is 0 Å². The van der Waals surface area contributed by atoms with Crippen LogP contribution in [0.3, 0.4) is 0 Å². The van der Waals surface area contributed by atoms with E-state index in [1.165, 1.54) is 11.3 Å². The average Bonchev–Trinajstić information content (AvgIpc) is 3.57. The number of benzene rings is 2. The zero-order chi connectivity index (χ0) is 26.0. The third-order valence-corrected chi connectivity index (χ3v) is 9.67. The zero-order valence-corrected chi connectivity index (χ0v) is 23.0. The van der Waals surface area contributed by atoms with Crippen molar-refractivity contribution in [3.05, 3.63) is 76.6 Å². The standard InChI is InChI=1S/C24H24N4O5S4/c1-28-10-11-33-22-14-18(8-9-21(22)28)37(31,32)27-19(13-16-4-6-17(7-5-16)26-36(29)30)20-15-35-24(25-20)23-3-2-12-34-23/h2-9,12,14-15,19,27,36H,10-11,13H2,1H3,(H,26,29,30)/t19-/m0/s1. The lowest BCUT2D eigenvalue weighted by atomic mass is 10.0. The first kappa shape index (κ1) is 25.7. The van der Waals surface area contributed by atoms with Crippen LogP contribution in [0.25, 0.3) is 9.88 Å². The van der Waals surface area contributed by atoms with Gasteiger partial charge in [0, 0.05) is 24.2 Å². The zero-order valence-electron chi connectivity index (χ0n) is 19.7. The molecule has 0 spiro atoms. The fraction of sp³-hybridized carbons (Fsp3) is 0.208. The Hall–Kier alpha value is -2.97. The summed E-state index contributed by atoms with van der Waals surface area (Å²) in [6, 6.07) is 15.0. The number of thiol groups is 1. The van der Waals surface area contributed by atoms with Gasteiger partial charge in [0.2, 0.25) is 20.9 Å². The molecule has 9 nitrogen and oxygen atoms in total. The third-order valence-electron chi connectivity index (χ3n) is 5.86. The van der Waals surface area contributed by atoms with Crippen molar-refractivity contribution in [2.75, 3.05) is 29.8 Å². The van der Waals surface area contributed by atoms with Crippen LogP contribution in [0.15, 0.2) is 70.3 Å². The van der Waals surface area contributed by atoms with E-state index in [9.17, 15) is 16.8 Å². The van der Waals surface area contributed by atoms with Gasteiger partial charge in [-0.2, -0.15) is 0 Å². The van der Waals surface area contributed by atoms with Gasteiger partial charge in [0.15, 0.2) is 0 Å². The average molecular weight is 577 g/mol. The molecule has 2 N–H and O–H groups in total. The van der Waals surface area contributed by atoms with Crippen molar-refractivity contribution >= 4 is 55.0 Å². The lowest BCUT2D eigenvalue weighted by Crippen LogP contribution is -2.31. The molecule has 0 bridgehead atoms. The molecule has 2 aromatic heterocycles. The number of aromatic nitrogens is 1. The van der Waals surface area contributed by atoms with E-state index in [2.05, 4.69) is 9.44 Å². The van der Waals surface area contributed by atoms with Gasteiger partial charge in [-0.15, -0.1) is 22.7 Å². The molecule has 0 saturated heterocycles. The predicted octanol–water partition coefficient (Wildman–Crippen LogP) is 3.90. The van der Waals surface area contributed by atoms with Gasteiger partial charge in [0.05, 0.1) is 33.7 Å². The van der Waals surface area contributed by atoms with Gasteiger partial charge in [-0.25, -0.2) is 26.5 Å². The minimum Gasteiger partial charge on any atom is -0.490 e. The van der Waals surface area contributed by atoms with Gasteiger partial charge in [-0.05, 0) is 47.7 Å². The Bertz CT molecular complexity index is 1560. The number of sulfonamides is 1. The summed E-state index contributed by atoms with van der Waals surface area (Å²) in [5.74, 6) is 0.529. The smallest absolute Gasteiger partial charge is 0.241 e. The Labute approximate surface area is 224 Å². The van der Waals surface area contributed by atoms with Crippen LogP contribution >= 0.6 is 22.7 Å². The maximum atomic E-state index is 13.5. The van der Waals surface area contributed by atoms with E-state index in [0.717, 1.165) is 27.7 Å². The molecule has 194 valence electrons. The Kier molecular flexibility index (Phi) is 7.49. The van der Waals surface area contributed by atoms with Crippen LogP contribution in [0.1, 0.15) is 17.3 Å². The van der Waals surface area contributed by atoms with Gasteiger partial charge in [-0.3, -0.25) is 4.72 Å². The third kappa shape index (κ3) is 5.96. The highest BCUT2D eigenvalue weighted by Gasteiger charge is 2.26. The van der Waals surface area contributed by atoms with Crippen molar-refractivity contribution in [2.45, 2.75) is 17.4 Å². The van der Waals surface area contributed by atoms with Gasteiger partial charge in [0.25, 0.3) is 0 Å². The molecule has 3 heterocycles. The molecule has 2 aromatic carbocycles. The van der Waals surface area contributed by atoms with Gasteiger partial charge in [-0.1, -0.05) is 18.2 Å². The summed E-state index contributed by atoms with van der Waals surface area (Å²) < 4.78 is 59.8. The molecule has 13 heteroatoms. The molecule has 1 aliphatic heterocycles. The van der Waals surface area contributed by atoms with E-state index in [0.29, 0.717) is 30.2 Å². The van der Waals surface area contributed by atoms with Crippen LogP contribution in [-0.2, 0) is 27.3 Å². The topological polar surface area (TPSA) is 118 Å². The fourth-order valence-electron chi connectivity index (χ4n) is 3.98. The first-order valence-corrected chi connectivity index (χ1v) is 15.7. The van der Waals surface area contributed by atoms with E-state index in [1.54, 1.807) is 53.8 Å². The number of thiophene rings is 1. The number of fused-ring (bicyclic) bond motifs is 1. The highest BCUT2D eigenvalue weighted by molar-refractivity contribution is 7.89. The van der Waals surface area contributed by atoms with E-state index in [-0.39, 0.29) is 4.90 Å². The maximum absolute atomic E-state index is 13.5. The Morgan fingerprint density at radius 3 is 2.68 bits per heavy atom. The highest BCUT2D eigenvalue weighted by atomic mass is 32.2. The number of nitrogens with one attached hydrogen (secondary N) is 2. The molecular weight excluding hydrogens is 553 g/mol. The normalized spacial score (nSPS) is 14.3. The van der Waals surface area contributed by atoms with Crippen LogP contribution < -0.4 is 19.1 Å². The molecule has 5 rings (SSSR count). The summed E-state index contributed by atoms with van der Waals surface area (Å²) in [6.07, 6.45) is 0.320. The number of rotatable bonds is 9. The molecule has 1 aliphatic rings. The van der Waals surface area contributed by atoms with Crippen LogP contribution in [-0.4, -0.2) is 42.0 Å². The van der Waals surface area contributed by atoms with E-state index >= 15 is 0 Å². The number of hydrogen-bond acceptors (Lipinski definition) is 9. The molecule has 0 fully saturated rings. The van der Waals surface area contributed by atoms with E-state index < -0.39 is 27.0 Å². The lowest BCUT2D eigenvalue weighted by molar-refractivity contribution is 0.310. The van der Waals surface area contributed by atoms with Crippen LogP contribution in [0.4, 0.5) is 11.4 Å². The minimum atomic E-state index is -3.92. The molecule has 0 saturated carbocycles. The Morgan fingerprint density at radius 1 is 1.14 bits per heavy atom. The van der Waals surface area contributed by atoms with Crippen LogP contribution in [0.2, 0.25) is 0 Å². The maximum Gasteiger partial charge on any atom is 0.241 e. The summed E-state index contributed by atoms with van der Waals surface area (Å²) in [5, 5.41) is 4.65. The SMILES string of the molecule is CN1CCOc2cc(S(=O)(=O)N[C@@H](Cc3ccc(N[SH](=O)=O)cc3)c3csc(-c4cccs4)n3)ccc21. The number of anilines is 2. The summed E-state index contributed by atoms with van der Waals surface area (Å²) in [5.41, 5.74) is 2.70. The second kappa shape index (κ2) is 10.8. The second-order valence-electron chi connectivity index (χ2n) is 8.40. The summed E-state index contributed by atoms with van der Waals surface area (Å²) in [7, 11) is -4.75. The summed E-state index contributed by atoms with van der Waals surface area (Å²) in [6.45, 7) is 1.22. The molecular formula is C24H24N4O5S4. The van der Waals surface area contributed by atoms with Crippen molar-refractivity contribution in [1.82, 2.24) is 9.71 Å². The fourth-order valence-corrected chi connectivity index (χ4v) is 7.26. The first-order chi connectivity index (χ1) is 17.8. The number of nitrogens with zero attached hydrogens (tertiary/aromatic N) is 2. The Balaban J connectivity index is 1.45. The summed E-state index contributed by atoms with van der Waals surface area (Å²) >= 11 is 3.03. The van der Waals surface area contributed by atoms with E-state index in [4.69, 9.17) is 9.72 Å². The molecule has 4 aromatic rings. The highest BCUT2D eigenvalue weighted by Crippen LogP contribution is 2.34. The quantitative estimate of drug-likeness (QED) is 0.259. The monoisotopic (exact) mass is 576 g/mol. The van der Waals surface area contributed by atoms with Crippen LogP contribution in [0.5, 0.6) is 5.75 Å². The molecule has 0 aliphatic carbocycles. The number of ether oxygens (including phenoxy) is 1. The summed E-state index contributed by atoms with van der Waals surface area (Å²) in [4.78, 5) is 7.89. The molecule has 1 atom stereocenters. The molecule has 0 unspecified atom stereocenters. The van der Waals surface area contributed by atoms with Crippen LogP contribution in [0, 0.1) is 0 Å². The van der Waals surface area contributed by atoms with Gasteiger partial charge < -0.3 is 9.64 Å². The number of hydrogen-bond donors (Lipinski definition) is 3. The van der Waals surface area contributed by atoms with Crippen molar-refractivity contribution in [3.63, 3.8) is 0 Å². The van der Waals surface area contributed by atoms with Crippen molar-refractivity contribution in [2.24, 2.45) is 0 Å². The second-order valence-corrected chi connectivity index (χ2v) is 12.7. The van der Waals surface area contributed by atoms with Gasteiger partial charge in [0.1, 0.15) is 17.4 Å². The van der Waals surface area contributed by atoms with Crippen molar-refractivity contribution < 1.29 is 21.6 Å². The van der Waals surface area contributed by atoms with E-state index in [1.807, 2.05) is 34.8 Å². The predicted molar refractivity (Wildman–Crippen MR) is 148 cm³/mol. The molecule has 0 radical (unpaired) electrons. The first-order valence-electron chi connectivity index (χ1n) is 11.3. The van der Waals surface area contributed by atoms with Crippen molar-refractivity contribution in [1.29, 1.82) is 0 Å². The molecule has 37 heavy (non-hydrogen) atoms. The molecule has 0 amide bonds. The lowest BCUT2D eigenvalue weighted by Gasteiger charge is -2.28. The Morgan fingerprint density at radius 2 is 1.95 bits per heavy atom. The minimum absolute atomic E-state index is 0.110. The van der Waals surface area contributed by atoms with Crippen molar-refractivity contribution in [3.8, 4) is 15.6 Å². The number of thiazole rings is 1. The largest absolute Gasteiger partial charge is 0.490 e.